The van der Waals surface area contributed by atoms with Gasteiger partial charge >= 0.3 is 24.1 Å². The predicted molar refractivity (Wildman–Crippen MR) is 214 cm³/mol. The van der Waals surface area contributed by atoms with Gasteiger partial charge in [-0.25, -0.2) is 4.79 Å². The van der Waals surface area contributed by atoms with Gasteiger partial charge in [-0.2, -0.15) is 0 Å². The molecule has 2 unspecified atom stereocenters. The second-order valence-corrected chi connectivity index (χ2v) is 16.8. The summed E-state index contributed by atoms with van der Waals surface area (Å²) in [7, 11) is 0. The molecule has 0 bridgehead atoms. The Hall–Kier alpha value is -4.36. The number of terminal acetylenes is 2. The first-order valence-corrected chi connectivity index (χ1v) is 19.8. The lowest BCUT2D eigenvalue weighted by atomic mass is 9.85. The molecule has 0 saturated heterocycles. The fraction of sp³-hybridized carbons (Fsp3) is 0.644. The van der Waals surface area contributed by atoms with E-state index < -0.39 is 64.9 Å². The highest BCUT2D eigenvalue weighted by Gasteiger charge is 2.41. The van der Waals surface area contributed by atoms with E-state index in [1.807, 2.05) is 42.5 Å². The van der Waals surface area contributed by atoms with Crippen molar-refractivity contribution in [1.82, 2.24) is 0 Å². The first kappa shape index (κ1) is 48.8. The van der Waals surface area contributed by atoms with Crippen LogP contribution in [0.4, 0.5) is 4.79 Å². The minimum atomic E-state index is -1.26. The third-order valence-corrected chi connectivity index (χ3v) is 10.2. The lowest BCUT2D eigenvalue weighted by molar-refractivity contribution is -0.170. The first-order chi connectivity index (χ1) is 26.8. The minimum absolute atomic E-state index is 0.0577. The predicted octanol–water partition coefficient (Wildman–Crippen LogP) is 6.47. The Morgan fingerprint density at radius 2 is 1.39 bits per heavy atom. The number of aliphatic hydroxyl groups is 3. The zero-order valence-corrected chi connectivity index (χ0v) is 34.6. The van der Waals surface area contributed by atoms with Crippen LogP contribution in [-0.2, 0) is 44.5 Å². The first-order valence-electron chi connectivity index (χ1n) is 19.8. The number of aryl methyl sites for hydroxylation is 1. The van der Waals surface area contributed by atoms with Gasteiger partial charge in [-0.05, 0) is 103 Å². The molecule has 0 spiro atoms. The van der Waals surface area contributed by atoms with Crippen LogP contribution in [0.2, 0.25) is 0 Å². The van der Waals surface area contributed by atoms with E-state index in [1.54, 1.807) is 34.6 Å². The monoisotopic (exact) mass is 796 g/mol. The number of unbranched alkanes of at least 4 members (excludes halogenated alkanes) is 1. The van der Waals surface area contributed by atoms with Crippen molar-refractivity contribution < 1.29 is 58.2 Å². The van der Waals surface area contributed by atoms with Crippen molar-refractivity contribution >= 4 is 24.1 Å². The van der Waals surface area contributed by atoms with Gasteiger partial charge in [0.1, 0.15) is 19.8 Å². The molecular formula is C45H64O12. The van der Waals surface area contributed by atoms with E-state index in [0.717, 1.165) is 6.42 Å². The number of hydrogen-bond donors (Lipinski definition) is 3. The fourth-order valence-corrected chi connectivity index (χ4v) is 6.47. The van der Waals surface area contributed by atoms with Crippen molar-refractivity contribution in [1.29, 1.82) is 0 Å². The Morgan fingerprint density at radius 1 is 0.825 bits per heavy atom. The number of hydrogen-bond acceptors (Lipinski definition) is 12. The van der Waals surface area contributed by atoms with E-state index in [2.05, 4.69) is 11.8 Å². The van der Waals surface area contributed by atoms with Gasteiger partial charge < -0.3 is 39.0 Å². The highest BCUT2D eigenvalue weighted by molar-refractivity contribution is 5.77. The van der Waals surface area contributed by atoms with Crippen LogP contribution < -0.4 is 0 Å². The van der Waals surface area contributed by atoms with E-state index >= 15 is 0 Å². The van der Waals surface area contributed by atoms with E-state index in [1.165, 1.54) is 12.5 Å². The molecule has 1 saturated carbocycles. The number of ether oxygens (including phenoxy) is 5. The molecule has 1 aliphatic carbocycles. The molecule has 1 fully saturated rings. The maximum Gasteiger partial charge on any atom is 0.511 e. The molecule has 12 heteroatoms. The van der Waals surface area contributed by atoms with Crippen LogP contribution in [0.1, 0.15) is 111 Å². The number of benzene rings is 1. The average Bonchev–Trinajstić information content (AvgIpc) is 3.42. The van der Waals surface area contributed by atoms with E-state index in [0.29, 0.717) is 44.9 Å². The Bertz CT molecular complexity index is 1490. The molecular weight excluding hydrogens is 732 g/mol. The molecule has 0 heterocycles. The topological polar surface area (TPSA) is 175 Å². The summed E-state index contributed by atoms with van der Waals surface area (Å²) in [5, 5.41) is 31.8. The summed E-state index contributed by atoms with van der Waals surface area (Å²) in [6, 6.07) is 9.98. The second kappa shape index (κ2) is 23.8. The minimum Gasteiger partial charge on any atom is -0.464 e. The summed E-state index contributed by atoms with van der Waals surface area (Å²) >= 11 is 0. The van der Waals surface area contributed by atoms with Crippen molar-refractivity contribution in [3.63, 3.8) is 0 Å². The number of carbonyl (C=O) groups excluding carboxylic acids is 4. The number of aliphatic hydroxyl groups excluding tert-OH is 3. The van der Waals surface area contributed by atoms with Gasteiger partial charge in [-0.15, -0.1) is 24.7 Å². The van der Waals surface area contributed by atoms with Gasteiger partial charge in [-0.1, -0.05) is 42.5 Å². The second-order valence-electron chi connectivity index (χ2n) is 16.8. The Kier molecular flexibility index (Phi) is 20.3. The molecule has 1 aliphatic rings. The largest absolute Gasteiger partial charge is 0.511 e. The third kappa shape index (κ3) is 17.8. The zero-order valence-electron chi connectivity index (χ0n) is 34.6. The van der Waals surface area contributed by atoms with Gasteiger partial charge in [0.25, 0.3) is 0 Å². The van der Waals surface area contributed by atoms with Crippen molar-refractivity contribution in [2.45, 2.75) is 137 Å². The van der Waals surface area contributed by atoms with Crippen LogP contribution in [0.5, 0.6) is 0 Å². The van der Waals surface area contributed by atoms with Crippen LogP contribution in [-0.4, -0.2) is 83.8 Å². The molecule has 2 rings (SSSR count). The van der Waals surface area contributed by atoms with Crippen molar-refractivity contribution in [2.24, 2.45) is 28.1 Å². The van der Waals surface area contributed by atoms with Crippen LogP contribution in [0.25, 0.3) is 0 Å². The summed E-state index contributed by atoms with van der Waals surface area (Å²) in [6.07, 6.45) is 15.3. The smallest absolute Gasteiger partial charge is 0.464 e. The molecule has 3 N–H and O–H groups in total. The number of allylic oxidation sites excluding steroid dienone is 2. The zero-order chi connectivity index (χ0) is 42.6. The highest BCUT2D eigenvalue weighted by atomic mass is 16.8. The molecule has 316 valence electrons. The number of rotatable bonds is 24. The quantitative estimate of drug-likeness (QED) is 0.0260. The molecule has 0 amide bonds. The lowest BCUT2D eigenvalue weighted by Gasteiger charge is -2.31. The maximum absolute atomic E-state index is 12.7. The molecule has 1 aromatic carbocycles. The summed E-state index contributed by atoms with van der Waals surface area (Å²) in [6.45, 7) is 8.57. The van der Waals surface area contributed by atoms with Crippen LogP contribution >= 0.6 is 0 Å². The lowest BCUT2D eigenvalue weighted by Crippen LogP contribution is -2.40. The molecule has 0 aromatic heterocycles. The summed E-state index contributed by atoms with van der Waals surface area (Å²) < 4.78 is 26.6. The number of carbonyl (C=O) groups is 4. The van der Waals surface area contributed by atoms with Gasteiger partial charge in [0.2, 0.25) is 6.29 Å². The Morgan fingerprint density at radius 3 is 1.96 bits per heavy atom. The molecule has 6 atom stereocenters. The van der Waals surface area contributed by atoms with E-state index in [9.17, 15) is 34.5 Å². The summed E-state index contributed by atoms with van der Waals surface area (Å²) in [5.74, 6) is 2.89. The molecule has 1 aromatic rings. The van der Waals surface area contributed by atoms with Crippen molar-refractivity contribution in [3.8, 4) is 24.7 Å². The van der Waals surface area contributed by atoms with Crippen molar-refractivity contribution in [2.75, 3.05) is 19.8 Å². The van der Waals surface area contributed by atoms with Gasteiger partial charge in [0.05, 0.1) is 34.6 Å². The normalized spacial score (nSPS) is 19.5. The van der Waals surface area contributed by atoms with Crippen molar-refractivity contribution in [3.05, 3.63) is 48.0 Å². The number of esters is 3. The standard InChI is InChI=1S/C45H64O12/c1-9-26-43(4,5)40(50)53-29-45(8,30-54-41(51)44(6,7)27-10-2)31-55-42(52)57-32(3)56-39(49)21-17-12-11-16-20-35-36(38(48)28-37(35)47)25-24-34(46)23-22-33-18-14-13-15-19-33/h1-2,11,13-16,18-19,32,34-38,46-48H,12,17,20-31H2,3-8H3/b16-11-/t32?,34?,35-,36-,37+,38-/m1/s1. The summed E-state index contributed by atoms with van der Waals surface area (Å²) in [5.41, 5.74) is -1.96. The van der Waals surface area contributed by atoms with Crippen LogP contribution in [0, 0.1) is 52.8 Å². The molecule has 0 radical (unpaired) electrons. The van der Waals surface area contributed by atoms with E-state index in [-0.39, 0.29) is 50.9 Å². The molecule has 12 nitrogen and oxygen atoms in total. The SMILES string of the molecule is C#CCC(C)(C)C(=O)OCC(C)(COC(=O)OC(C)OC(=O)CCC/C=C\C[C@@H]1[C@@H](CCC(O)CCc2ccccc2)[C@H](O)C[C@@H]1O)COC(=O)C(C)(C)CC#C. The molecule has 0 aliphatic heterocycles. The third-order valence-electron chi connectivity index (χ3n) is 10.2. The van der Waals surface area contributed by atoms with Gasteiger partial charge in [0.15, 0.2) is 0 Å². The van der Waals surface area contributed by atoms with Gasteiger partial charge in [-0.3, -0.25) is 14.4 Å². The van der Waals surface area contributed by atoms with Crippen LogP contribution in [0.3, 0.4) is 0 Å². The summed E-state index contributed by atoms with van der Waals surface area (Å²) in [4.78, 5) is 50.4. The Labute approximate surface area is 339 Å². The van der Waals surface area contributed by atoms with Gasteiger partial charge in [0, 0.05) is 26.2 Å². The average molecular weight is 797 g/mol. The molecule has 57 heavy (non-hydrogen) atoms. The fourth-order valence-electron chi connectivity index (χ4n) is 6.47. The Balaban J connectivity index is 1.78. The maximum atomic E-state index is 12.7. The van der Waals surface area contributed by atoms with Crippen LogP contribution in [0.15, 0.2) is 42.5 Å². The van der Waals surface area contributed by atoms with E-state index in [4.69, 9.17) is 36.5 Å². The highest BCUT2D eigenvalue weighted by Crippen LogP contribution is 2.38.